The summed E-state index contributed by atoms with van der Waals surface area (Å²) in [5.74, 6) is -0.245. The van der Waals surface area contributed by atoms with Crippen molar-refractivity contribution in [2.75, 3.05) is 11.4 Å². The predicted molar refractivity (Wildman–Crippen MR) is 98.2 cm³/mol. The van der Waals surface area contributed by atoms with E-state index < -0.39 is 10.0 Å². The zero-order valence-corrected chi connectivity index (χ0v) is 15.4. The lowest BCUT2D eigenvalue weighted by molar-refractivity contribution is -0.117. The van der Waals surface area contributed by atoms with Gasteiger partial charge in [0.15, 0.2) is 0 Å². The maximum atomic E-state index is 12.6. The molecule has 0 radical (unpaired) electrons. The van der Waals surface area contributed by atoms with E-state index in [4.69, 9.17) is 0 Å². The van der Waals surface area contributed by atoms with Crippen LogP contribution in [0.4, 0.5) is 5.69 Å². The van der Waals surface area contributed by atoms with Gasteiger partial charge in [-0.2, -0.15) is 0 Å². The largest absolute Gasteiger partial charge is 0.308 e. The molecule has 0 saturated carbocycles. The standard InChI is InChI=1S/C19H22N2O3S/c1-13-8-9-18(14(2)10-13)25(23,24)20-12-19(22)21-15(3)11-16-6-4-5-7-17(16)21/h4-10,15,20H,11-12H2,1-3H3. The zero-order valence-electron chi connectivity index (χ0n) is 14.6. The fourth-order valence-corrected chi connectivity index (χ4v) is 4.57. The van der Waals surface area contributed by atoms with E-state index in [1.807, 2.05) is 44.2 Å². The number of carbonyl (C=O) groups is 1. The third kappa shape index (κ3) is 3.45. The van der Waals surface area contributed by atoms with Crippen molar-refractivity contribution in [2.24, 2.45) is 0 Å². The molecule has 0 aliphatic carbocycles. The summed E-state index contributed by atoms with van der Waals surface area (Å²) in [4.78, 5) is 14.5. The number of nitrogens with one attached hydrogen (secondary N) is 1. The molecule has 0 saturated heterocycles. The van der Waals surface area contributed by atoms with Gasteiger partial charge >= 0.3 is 0 Å². The minimum Gasteiger partial charge on any atom is -0.308 e. The molecule has 1 heterocycles. The molecule has 0 fully saturated rings. The maximum Gasteiger partial charge on any atom is 0.242 e. The lowest BCUT2D eigenvalue weighted by Gasteiger charge is -2.23. The van der Waals surface area contributed by atoms with Crippen molar-refractivity contribution in [2.45, 2.75) is 38.1 Å². The van der Waals surface area contributed by atoms with E-state index in [0.29, 0.717) is 5.56 Å². The molecule has 25 heavy (non-hydrogen) atoms. The first-order valence-electron chi connectivity index (χ1n) is 8.26. The topological polar surface area (TPSA) is 66.5 Å². The van der Waals surface area contributed by atoms with E-state index in [9.17, 15) is 13.2 Å². The molecule has 0 bridgehead atoms. The summed E-state index contributed by atoms with van der Waals surface area (Å²) in [5, 5.41) is 0. The van der Waals surface area contributed by atoms with Crippen LogP contribution in [0, 0.1) is 13.8 Å². The number of fused-ring (bicyclic) bond motifs is 1. The minimum atomic E-state index is -3.72. The number of benzene rings is 2. The normalized spacial score (nSPS) is 16.8. The molecule has 2 aromatic rings. The summed E-state index contributed by atoms with van der Waals surface area (Å²) in [6.45, 7) is 5.37. The van der Waals surface area contributed by atoms with Gasteiger partial charge in [0.2, 0.25) is 15.9 Å². The van der Waals surface area contributed by atoms with Crippen molar-refractivity contribution in [1.29, 1.82) is 0 Å². The highest BCUT2D eigenvalue weighted by molar-refractivity contribution is 7.89. The predicted octanol–water partition coefficient (Wildman–Crippen LogP) is 2.56. The molecule has 1 N–H and O–H groups in total. The number of hydrogen-bond donors (Lipinski definition) is 1. The molecule has 1 aliphatic heterocycles. The molecule has 3 rings (SSSR count). The quantitative estimate of drug-likeness (QED) is 0.913. The van der Waals surface area contributed by atoms with Crippen molar-refractivity contribution in [3.05, 3.63) is 59.2 Å². The Bertz CT molecular complexity index is 922. The van der Waals surface area contributed by atoms with Gasteiger partial charge in [0.25, 0.3) is 0 Å². The number of nitrogens with zero attached hydrogens (tertiary/aromatic N) is 1. The number of aryl methyl sites for hydroxylation is 2. The average Bonchev–Trinajstić information content (AvgIpc) is 2.88. The second-order valence-electron chi connectivity index (χ2n) is 6.54. The van der Waals surface area contributed by atoms with Crippen LogP contribution in [0.2, 0.25) is 0 Å². The molecule has 5 nitrogen and oxygen atoms in total. The average molecular weight is 358 g/mol. The van der Waals surface area contributed by atoms with Crippen LogP contribution in [0.25, 0.3) is 0 Å². The van der Waals surface area contributed by atoms with Crippen molar-refractivity contribution in [3.63, 3.8) is 0 Å². The zero-order chi connectivity index (χ0) is 18.2. The molecule has 2 aromatic carbocycles. The summed E-state index contributed by atoms with van der Waals surface area (Å²) < 4.78 is 27.5. The summed E-state index contributed by atoms with van der Waals surface area (Å²) in [5.41, 5.74) is 3.64. The van der Waals surface area contributed by atoms with Crippen LogP contribution in [0.15, 0.2) is 47.4 Å². The van der Waals surface area contributed by atoms with Gasteiger partial charge in [-0.3, -0.25) is 4.79 Å². The smallest absolute Gasteiger partial charge is 0.242 e. The van der Waals surface area contributed by atoms with Crippen LogP contribution in [0.3, 0.4) is 0 Å². The van der Waals surface area contributed by atoms with Gasteiger partial charge in [0.05, 0.1) is 11.4 Å². The lowest BCUT2D eigenvalue weighted by Crippen LogP contribution is -2.43. The number of carbonyl (C=O) groups excluding carboxylic acids is 1. The Labute approximate surface area is 148 Å². The third-order valence-corrected chi connectivity index (χ3v) is 6.07. The van der Waals surface area contributed by atoms with Crippen molar-refractivity contribution in [1.82, 2.24) is 4.72 Å². The molecule has 1 atom stereocenters. The lowest BCUT2D eigenvalue weighted by atomic mass is 10.1. The molecule has 1 unspecified atom stereocenters. The highest BCUT2D eigenvalue weighted by atomic mass is 32.2. The first kappa shape index (κ1) is 17.6. The van der Waals surface area contributed by atoms with E-state index in [-0.39, 0.29) is 23.4 Å². The van der Waals surface area contributed by atoms with Gasteiger partial charge in [-0.15, -0.1) is 0 Å². The number of rotatable bonds is 4. The summed E-state index contributed by atoms with van der Waals surface area (Å²) in [6, 6.07) is 12.9. The summed E-state index contributed by atoms with van der Waals surface area (Å²) in [7, 11) is -3.72. The number of anilines is 1. The molecular formula is C19H22N2O3S. The first-order chi connectivity index (χ1) is 11.8. The second-order valence-corrected chi connectivity index (χ2v) is 8.27. The fraction of sp³-hybridized carbons (Fsp3) is 0.316. The fourth-order valence-electron chi connectivity index (χ4n) is 3.37. The molecule has 6 heteroatoms. The molecular weight excluding hydrogens is 336 g/mol. The van der Waals surface area contributed by atoms with E-state index in [1.165, 1.54) is 0 Å². The van der Waals surface area contributed by atoms with Crippen molar-refractivity contribution < 1.29 is 13.2 Å². The Morgan fingerprint density at radius 3 is 2.64 bits per heavy atom. The number of sulfonamides is 1. The Morgan fingerprint density at radius 1 is 1.20 bits per heavy atom. The van der Waals surface area contributed by atoms with Gasteiger partial charge in [0.1, 0.15) is 0 Å². The minimum absolute atomic E-state index is 0.0236. The SMILES string of the molecule is Cc1ccc(S(=O)(=O)NCC(=O)N2c3ccccc3CC2C)c(C)c1. The van der Waals surface area contributed by atoms with Gasteiger partial charge in [0, 0.05) is 11.7 Å². The van der Waals surface area contributed by atoms with Crippen LogP contribution < -0.4 is 9.62 Å². The van der Waals surface area contributed by atoms with Gasteiger partial charge in [-0.1, -0.05) is 35.9 Å². The summed E-state index contributed by atoms with van der Waals surface area (Å²) in [6.07, 6.45) is 0.783. The number of amides is 1. The van der Waals surface area contributed by atoms with Crippen LogP contribution in [-0.4, -0.2) is 26.9 Å². The first-order valence-corrected chi connectivity index (χ1v) is 9.75. The molecule has 1 amide bonds. The number of hydrogen-bond acceptors (Lipinski definition) is 3. The van der Waals surface area contributed by atoms with Crippen molar-refractivity contribution in [3.8, 4) is 0 Å². The third-order valence-electron chi connectivity index (χ3n) is 4.51. The highest BCUT2D eigenvalue weighted by Crippen LogP contribution is 2.31. The monoisotopic (exact) mass is 358 g/mol. The Balaban J connectivity index is 1.76. The van der Waals surface area contributed by atoms with Crippen LogP contribution in [0.5, 0.6) is 0 Å². The van der Waals surface area contributed by atoms with E-state index in [0.717, 1.165) is 23.2 Å². The number of para-hydroxylation sites is 1. The Morgan fingerprint density at radius 2 is 1.92 bits per heavy atom. The van der Waals surface area contributed by atoms with Gasteiger partial charge in [-0.25, -0.2) is 13.1 Å². The molecule has 0 spiro atoms. The molecule has 1 aliphatic rings. The molecule has 132 valence electrons. The molecule has 0 aromatic heterocycles. The van der Waals surface area contributed by atoms with Crippen LogP contribution in [0.1, 0.15) is 23.6 Å². The van der Waals surface area contributed by atoms with Gasteiger partial charge in [-0.05, 0) is 50.5 Å². The van der Waals surface area contributed by atoms with Gasteiger partial charge < -0.3 is 4.90 Å². The van der Waals surface area contributed by atoms with Crippen LogP contribution >= 0.6 is 0 Å². The van der Waals surface area contributed by atoms with E-state index in [1.54, 1.807) is 24.0 Å². The maximum absolute atomic E-state index is 12.6. The van der Waals surface area contributed by atoms with E-state index >= 15 is 0 Å². The van der Waals surface area contributed by atoms with Crippen molar-refractivity contribution >= 4 is 21.6 Å². The Kier molecular flexibility index (Phi) is 4.67. The summed E-state index contributed by atoms with van der Waals surface area (Å²) >= 11 is 0. The van der Waals surface area contributed by atoms with E-state index in [2.05, 4.69) is 4.72 Å². The Hall–Kier alpha value is -2.18. The van der Waals surface area contributed by atoms with Crippen LogP contribution in [-0.2, 0) is 21.2 Å². The highest BCUT2D eigenvalue weighted by Gasteiger charge is 2.31. The second kappa shape index (κ2) is 6.61.